The number of nitrogens with one attached hydrogen (secondary N) is 1. The zero-order chi connectivity index (χ0) is 13.7. The van der Waals surface area contributed by atoms with Crippen LogP contribution in [0.25, 0.3) is 0 Å². The van der Waals surface area contributed by atoms with Gasteiger partial charge < -0.3 is 10.4 Å². The quantitative estimate of drug-likeness (QED) is 0.816. The molecule has 0 saturated carbocycles. The highest BCUT2D eigenvalue weighted by Crippen LogP contribution is 2.17. The van der Waals surface area contributed by atoms with Crippen LogP contribution in [0.3, 0.4) is 0 Å². The molecular weight excluding hydrogens is 279 g/mol. The summed E-state index contributed by atoms with van der Waals surface area (Å²) in [5.74, 6) is -1.51. The van der Waals surface area contributed by atoms with E-state index in [1.807, 2.05) is 0 Å². The molecule has 98 valence electrons. The van der Waals surface area contributed by atoms with Crippen molar-refractivity contribution in [3.8, 4) is 0 Å². The summed E-state index contributed by atoms with van der Waals surface area (Å²) in [5.41, 5.74) is -0.00648. The smallest absolute Gasteiger partial charge is 0.305 e. The minimum absolute atomic E-state index is 0.00648. The van der Waals surface area contributed by atoms with Gasteiger partial charge in [0.05, 0.1) is 11.4 Å². The highest BCUT2D eigenvalue weighted by molar-refractivity contribution is 6.34. The summed E-state index contributed by atoms with van der Waals surface area (Å²) in [6.45, 7) is 1.78. The van der Waals surface area contributed by atoms with Crippen molar-refractivity contribution in [1.29, 1.82) is 0 Å². The maximum Gasteiger partial charge on any atom is 0.305 e. The van der Waals surface area contributed by atoms with Gasteiger partial charge in [0.15, 0.2) is 0 Å². The van der Waals surface area contributed by atoms with Gasteiger partial charge in [-0.1, -0.05) is 30.1 Å². The number of carbonyl (C=O) groups excluding carboxylic acids is 1. The van der Waals surface area contributed by atoms with Gasteiger partial charge in [-0.05, 0) is 18.6 Å². The normalized spacial score (nSPS) is 11.9. The van der Waals surface area contributed by atoms with Crippen LogP contribution in [0.2, 0.25) is 10.2 Å². The second kappa shape index (κ2) is 6.56. The first-order chi connectivity index (χ1) is 8.43. The van der Waals surface area contributed by atoms with E-state index >= 15 is 0 Å². The van der Waals surface area contributed by atoms with Crippen LogP contribution in [0.1, 0.15) is 30.3 Å². The molecule has 0 saturated heterocycles. The first-order valence-corrected chi connectivity index (χ1v) is 6.04. The van der Waals surface area contributed by atoms with Crippen LogP contribution in [-0.2, 0) is 4.79 Å². The van der Waals surface area contributed by atoms with Gasteiger partial charge in [0.1, 0.15) is 10.8 Å². The minimum atomic E-state index is -0.979. The molecule has 1 unspecified atom stereocenters. The molecule has 0 radical (unpaired) electrons. The van der Waals surface area contributed by atoms with Gasteiger partial charge in [0, 0.05) is 6.04 Å². The summed E-state index contributed by atoms with van der Waals surface area (Å²) in [4.78, 5) is 26.3. The number of carboxylic acid groups (broad SMARTS) is 1. The maximum absolute atomic E-state index is 11.9. The van der Waals surface area contributed by atoms with E-state index in [-0.39, 0.29) is 22.3 Å². The zero-order valence-corrected chi connectivity index (χ0v) is 11.1. The molecular formula is C11H12Cl2N2O3. The number of carboxylic acids is 1. The second-order valence-electron chi connectivity index (χ2n) is 3.64. The molecule has 1 aromatic heterocycles. The molecule has 18 heavy (non-hydrogen) atoms. The molecule has 2 N–H and O–H groups in total. The van der Waals surface area contributed by atoms with Gasteiger partial charge in [-0.2, -0.15) is 0 Å². The third kappa shape index (κ3) is 4.16. The Morgan fingerprint density at radius 3 is 2.67 bits per heavy atom. The van der Waals surface area contributed by atoms with E-state index in [1.54, 1.807) is 6.92 Å². The average Bonchev–Trinajstić information content (AvgIpc) is 2.30. The Labute approximate surface area is 114 Å². The Morgan fingerprint density at radius 2 is 2.11 bits per heavy atom. The number of amides is 1. The summed E-state index contributed by atoms with van der Waals surface area (Å²) >= 11 is 11.5. The molecule has 1 rings (SSSR count). The van der Waals surface area contributed by atoms with Crippen molar-refractivity contribution in [2.24, 2.45) is 0 Å². The predicted molar refractivity (Wildman–Crippen MR) is 68.1 cm³/mol. The van der Waals surface area contributed by atoms with Crippen LogP contribution < -0.4 is 5.32 Å². The number of rotatable bonds is 5. The molecule has 0 aliphatic rings. The maximum atomic E-state index is 11.9. The first-order valence-electron chi connectivity index (χ1n) is 5.28. The lowest BCUT2D eigenvalue weighted by molar-refractivity contribution is -0.137. The Bertz CT molecular complexity index is 466. The van der Waals surface area contributed by atoms with Crippen LogP contribution in [0, 0.1) is 0 Å². The molecule has 1 atom stereocenters. The highest BCUT2D eigenvalue weighted by atomic mass is 35.5. The number of hydrogen-bond acceptors (Lipinski definition) is 3. The van der Waals surface area contributed by atoms with E-state index in [0.29, 0.717) is 6.42 Å². The molecule has 5 nitrogen and oxygen atoms in total. The average molecular weight is 291 g/mol. The van der Waals surface area contributed by atoms with Crippen molar-refractivity contribution in [3.05, 3.63) is 28.0 Å². The van der Waals surface area contributed by atoms with Crippen LogP contribution >= 0.6 is 23.2 Å². The summed E-state index contributed by atoms with van der Waals surface area (Å²) in [6.07, 6.45) is 0.344. The Morgan fingerprint density at radius 1 is 1.44 bits per heavy atom. The number of hydrogen-bond donors (Lipinski definition) is 2. The Hall–Kier alpha value is -1.33. The Balaban J connectivity index is 2.80. The SMILES string of the molecule is CCC(CC(=O)O)NC(=O)c1nc(Cl)ccc1Cl. The Kier molecular flexibility index (Phi) is 5.37. The van der Waals surface area contributed by atoms with Crippen LogP contribution in [0.5, 0.6) is 0 Å². The van der Waals surface area contributed by atoms with Gasteiger partial charge >= 0.3 is 5.97 Å². The number of aromatic nitrogens is 1. The van der Waals surface area contributed by atoms with Crippen molar-refractivity contribution >= 4 is 35.1 Å². The van der Waals surface area contributed by atoms with E-state index in [9.17, 15) is 9.59 Å². The van der Waals surface area contributed by atoms with Gasteiger partial charge in [-0.15, -0.1) is 0 Å². The van der Waals surface area contributed by atoms with Crippen LogP contribution in [-0.4, -0.2) is 28.0 Å². The number of halogens is 2. The molecule has 1 heterocycles. The fourth-order valence-corrected chi connectivity index (χ4v) is 1.68. The van der Waals surface area contributed by atoms with Crippen LogP contribution in [0.4, 0.5) is 0 Å². The van der Waals surface area contributed by atoms with Crippen molar-refractivity contribution in [3.63, 3.8) is 0 Å². The van der Waals surface area contributed by atoms with Crippen LogP contribution in [0.15, 0.2) is 12.1 Å². The monoisotopic (exact) mass is 290 g/mol. The van der Waals surface area contributed by atoms with E-state index in [0.717, 1.165) is 0 Å². The van der Waals surface area contributed by atoms with Gasteiger partial charge in [0.2, 0.25) is 0 Å². The number of pyridine rings is 1. The zero-order valence-electron chi connectivity index (χ0n) is 9.61. The fraction of sp³-hybridized carbons (Fsp3) is 0.364. The summed E-state index contributed by atoms with van der Waals surface area (Å²) in [6, 6.07) is 2.46. The molecule has 0 aliphatic heterocycles. The standard InChI is InChI=1S/C11H12Cl2N2O3/c1-2-6(5-9(16)17)14-11(18)10-7(12)3-4-8(13)15-10/h3-4,6H,2,5H2,1H3,(H,14,18)(H,16,17). The molecule has 0 spiro atoms. The third-order valence-corrected chi connectivity index (χ3v) is 2.79. The summed E-state index contributed by atoms with van der Waals surface area (Å²) in [5, 5.41) is 11.6. The molecule has 0 aromatic carbocycles. The van der Waals surface area contributed by atoms with Crippen molar-refractivity contribution in [2.45, 2.75) is 25.8 Å². The van der Waals surface area contributed by atoms with E-state index < -0.39 is 17.9 Å². The lowest BCUT2D eigenvalue weighted by Crippen LogP contribution is -2.36. The topological polar surface area (TPSA) is 79.3 Å². The lowest BCUT2D eigenvalue weighted by atomic mass is 10.1. The van der Waals surface area contributed by atoms with Crippen molar-refractivity contribution < 1.29 is 14.7 Å². The van der Waals surface area contributed by atoms with Gasteiger partial charge in [0.25, 0.3) is 5.91 Å². The summed E-state index contributed by atoms with van der Waals surface area (Å²) in [7, 11) is 0. The first kappa shape index (κ1) is 14.7. The minimum Gasteiger partial charge on any atom is -0.481 e. The summed E-state index contributed by atoms with van der Waals surface area (Å²) < 4.78 is 0. The van der Waals surface area contributed by atoms with E-state index in [4.69, 9.17) is 28.3 Å². The largest absolute Gasteiger partial charge is 0.481 e. The van der Waals surface area contributed by atoms with Crippen molar-refractivity contribution in [1.82, 2.24) is 10.3 Å². The highest BCUT2D eigenvalue weighted by Gasteiger charge is 2.18. The second-order valence-corrected chi connectivity index (χ2v) is 4.44. The number of carbonyl (C=O) groups is 2. The van der Waals surface area contributed by atoms with E-state index in [1.165, 1.54) is 12.1 Å². The van der Waals surface area contributed by atoms with E-state index in [2.05, 4.69) is 10.3 Å². The molecule has 0 fully saturated rings. The number of nitrogens with zero attached hydrogens (tertiary/aromatic N) is 1. The third-order valence-electron chi connectivity index (χ3n) is 2.28. The van der Waals surface area contributed by atoms with Crippen molar-refractivity contribution in [2.75, 3.05) is 0 Å². The predicted octanol–water partition coefficient (Wildman–Crippen LogP) is 2.37. The molecule has 0 aliphatic carbocycles. The molecule has 1 aromatic rings. The lowest BCUT2D eigenvalue weighted by Gasteiger charge is -2.14. The fourth-order valence-electron chi connectivity index (χ4n) is 1.34. The van der Waals surface area contributed by atoms with Gasteiger partial charge in [-0.25, -0.2) is 4.98 Å². The van der Waals surface area contributed by atoms with Gasteiger partial charge in [-0.3, -0.25) is 9.59 Å². The molecule has 0 bridgehead atoms. The molecule has 1 amide bonds. The number of aliphatic carboxylic acids is 1. The molecule has 7 heteroatoms.